The summed E-state index contributed by atoms with van der Waals surface area (Å²) < 4.78 is 2.43. The molecule has 0 aromatic carbocycles. The van der Waals surface area contributed by atoms with Crippen molar-refractivity contribution >= 4 is 35.5 Å². The zero-order valence-electron chi connectivity index (χ0n) is 11.6. The summed E-state index contributed by atoms with van der Waals surface area (Å²) in [5.41, 5.74) is 0. The lowest BCUT2D eigenvalue weighted by Crippen LogP contribution is -2.11. The highest BCUT2D eigenvalue weighted by Gasteiger charge is 2.11. The average molecular weight is 360 g/mol. The van der Waals surface area contributed by atoms with Crippen LogP contribution in [0.3, 0.4) is 0 Å². The Morgan fingerprint density at radius 1 is 0.870 bits per heavy atom. The highest BCUT2D eigenvalue weighted by atomic mass is 32.2. The molecule has 0 saturated heterocycles. The van der Waals surface area contributed by atoms with Gasteiger partial charge in [0.25, 0.3) is 0 Å². The minimum absolute atomic E-state index is 0.284. The van der Waals surface area contributed by atoms with Gasteiger partial charge in [-0.05, 0) is 27.3 Å². The molecule has 0 radical (unpaired) electrons. The van der Waals surface area contributed by atoms with Crippen molar-refractivity contribution in [3.8, 4) is 0 Å². The van der Waals surface area contributed by atoms with Gasteiger partial charge in [-0.25, -0.2) is 9.36 Å². The van der Waals surface area contributed by atoms with Gasteiger partial charge < -0.3 is 10.2 Å². The average Bonchev–Trinajstić information content (AvgIpc) is 3.07. The fourth-order valence-electron chi connectivity index (χ4n) is 1.44. The number of hydrogen-bond acceptors (Lipinski definition) is 10. The molecule has 0 aliphatic carbocycles. The molecule has 2 rings (SSSR count). The number of hydrogen-bond donors (Lipinski definition) is 2. The summed E-state index contributed by atoms with van der Waals surface area (Å²) in [6.07, 6.45) is 0.759. The van der Waals surface area contributed by atoms with Gasteiger partial charge in [-0.3, -0.25) is 9.59 Å². The number of tetrazole rings is 2. The molecule has 2 aromatic heterocycles. The first-order chi connectivity index (χ1) is 11.1. The Morgan fingerprint density at radius 3 is 1.70 bits per heavy atom. The largest absolute Gasteiger partial charge is 0.480 e. The molecular formula is C9H12N8O4S2. The molecule has 2 aromatic rings. The van der Waals surface area contributed by atoms with E-state index in [9.17, 15) is 9.59 Å². The summed E-state index contributed by atoms with van der Waals surface area (Å²) in [5.74, 6) is -0.680. The summed E-state index contributed by atoms with van der Waals surface area (Å²) in [7, 11) is 0. The Kier molecular flexibility index (Phi) is 6.28. The van der Waals surface area contributed by atoms with Crippen LogP contribution in [0.2, 0.25) is 0 Å². The zero-order chi connectivity index (χ0) is 16.7. The first-order valence-corrected chi connectivity index (χ1v) is 8.25. The van der Waals surface area contributed by atoms with Gasteiger partial charge >= 0.3 is 11.9 Å². The molecule has 0 aliphatic heterocycles. The highest BCUT2D eigenvalue weighted by molar-refractivity contribution is 8.00. The van der Waals surface area contributed by atoms with Crippen LogP contribution in [0.5, 0.6) is 0 Å². The predicted octanol–water partition coefficient (Wildman–Crippen LogP) is -0.897. The predicted molar refractivity (Wildman–Crippen MR) is 77.0 cm³/mol. The Morgan fingerprint density at radius 2 is 1.30 bits per heavy atom. The summed E-state index contributed by atoms with van der Waals surface area (Å²) >= 11 is 2.69. The first kappa shape index (κ1) is 17.1. The number of carboxylic acid groups (broad SMARTS) is 2. The number of carbonyl (C=O) groups is 2. The van der Waals surface area contributed by atoms with Crippen LogP contribution in [0.25, 0.3) is 0 Å². The third-order valence-corrected chi connectivity index (χ3v) is 4.41. The minimum atomic E-state index is -1.01. The molecular weight excluding hydrogens is 348 g/mol. The number of nitrogens with zero attached hydrogens (tertiary/aromatic N) is 8. The molecule has 2 heterocycles. The number of aliphatic carboxylic acids is 2. The van der Waals surface area contributed by atoms with Crippen LogP contribution in [0, 0.1) is 0 Å². The van der Waals surface area contributed by atoms with Crippen molar-refractivity contribution in [1.29, 1.82) is 0 Å². The molecule has 14 heteroatoms. The fourth-order valence-corrected chi connectivity index (χ4v) is 3.25. The van der Waals surface area contributed by atoms with Gasteiger partial charge in [0.15, 0.2) is 0 Å². The van der Waals surface area contributed by atoms with Gasteiger partial charge in [-0.15, -0.1) is 10.2 Å². The quantitative estimate of drug-likeness (QED) is 0.397. The number of carboxylic acids is 2. The zero-order valence-corrected chi connectivity index (χ0v) is 13.3. The normalized spacial score (nSPS) is 10.8. The van der Waals surface area contributed by atoms with Crippen molar-refractivity contribution in [2.45, 2.75) is 29.8 Å². The molecule has 0 spiro atoms. The van der Waals surface area contributed by atoms with E-state index in [-0.39, 0.29) is 13.1 Å². The van der Waals surface area contributed by atoms with E-state index in [1.165, 1.54) is 32.9 Å². The molecule has 12 nitrogen and oxygen atoms in total. The number of aromatic nitrogens is 8. The lowest BCUT2D eigenvalue weighted by Gasteiger charge is -2.02. The van der Waals surface area contributed by atoms with Crippen LogP contribution in [-0.4, -0.2) is 74.1 Å². The number of rotatable bonds is 10. The standard InChI is InChI=1S/C9H12N8O4S2/c18-6(19)4-16-8(10-12-14-16)22-2-1-3-23-9-11-13-15-17(9)5-7(20)21/h1-5H2,(H,18,19)(H,20,21). The molecule has 0 atom stereocenters. The summed E-state index contributed by atoms with van der Waals surface area (Å²) in [6.45, 7) is -0.567. The van der Waals surface area contributed by atoms with E-state index < -0.39 is 11.9 Å². The molecule has 0 amide bonds. The smallest absolute Gasteiger partial charge is 0.325 e. The Bertz CT molecular complexity index is 618. The minimum Gasteiger partial charge on any atom is -0.480 e. The third-order valence-electron chi connectivity index (χ3n) is 2.32. The van der Waals surface area contributed by atoms with E-state index in [1.807, 2.05) is 0 Å². The monoisotopic (exact) mass is 360 g/mol. The lowest BCUT2D eigenvalue weighted by molar-refractivity contribution is -0.139. The van der Waals surface area contributed by atoms with Crippen molar-refractivity contribution in [1.82, 2.24) is 40.4 Å². The second-order valence-corrected chi connectivity index (χ2v) is 6.20. The maximum atomic E-state index is 10.6. The highest BCUT2D eigenvalue weighted by Crippen LogP contribution is 2.19. The molecule has 0 unspecified atom stereocenters. The molecule has 0 bridgehead atoms. The van der Waals surface area contributed by atoms with Crippen LogP contribution >= 0.6 is 23.5 Å². The molecule has 124 valence electrons. The van der Waals surface area contributed by atoms with Crippen LogP contribution in [0.1, 0.15) is 6.42 Å². The van der Waals surface area contributed by atoms with E-state index >= 15 is 0 Å². The van der Waals surface area contributed by atoms with Crippen LogP contribution in [-0.2, 0) is 22.7 Å². The van der Waals surface area contributed by atoms with Crippen molar-refractivity contribution in [2.24, 2.45) is 0 Å². The van der Waals surface area contributed by atoms with Gasteiger partial charge in [-0.2, -0.15) is 0 Å². The van der Waals surface area contributed by atoms with Crippen LogP contribution in [0.4, 0.5) is 0 Å². The van der Waals surface area contributed by atoms with E-state index in [1.54, 1.807) is 0 Å². The third kappa shape index (κ3) is 5.48. The summed E-state index contributed by atoms with van der Waals surface area (Å²) in [4.78, 5) is 21.3. The van der Waals surface area contributed by atoms with Crippen molar-refractivity contribution < 1.29 is 19.8 Å². The maximum Gasteiger partial charge on any atom is 0.325 e. The van der Waals surface area contributed by atoms with E-state index in [0.29, 0.717) is 21.8 Å². The Hall–Kier alpha value is -2.22. The molecule has 0 saturated carbocycles. The number of thioether (sulfide) groups is 2. The molecule has 0 fully saturated rings. The van der Waals surface area contributed by atoms with Gasteiger partial charge in [0.1, 0.15) is 13.1 Å². The summed E-state index contributed by atoms with van der Waals surface area (Å²) in [6, 6.07) is 0. The Labute approximate surface area is 137 Å². The van der Waals surface area contributed by atoms with Crippen molar-refractivity contribution in [2.75, 3.05) is 11.5 Å². The molecule has 2 N–H and O–H groups in total. The van der Waals surface area contributed by atoms with Crippen molar-refractivity contribution in [3.63, 3.8) is 0 Å². The van der Waals surface area contributed by atoms with Crippen molar-refractivity contribution in [3.05, 3.63) is 0 Å². The summed E-state index contributed by atoms with van der Waals surface area (Å²) in [5, 5.41) is 39.9. The second-order valence-electron chi connectivity index (χ2n) is 4.08. The SMILES string of the molecule is O=C(O)Cn1nnnc1SCCCSc1nnnn1CC(=O)O. The van der Waals surface area contributed by atoms with Gasteiger partial charge in [-0.1, -0.05) is 23.5 Å². The fraction of sp³-hybridized carbons (Fsp3) is 0.556. The molecule has 0 aliphatic rings. The van der Waals surface area contributed by atoms with E-state index in [0.717, 1.165) is 6.42 Å². The topological polar surface area (TPSA) is 162 Å². The van der Waals surface area contributed by atoms with Gasteiger partial charge in [0.05, 0.1) is 0 Å². The maximum absolute atomic E-state index is 10.6. The van der Waals surface area contributed by atoms with Gasteiger partial charge in [0, 0.05) is 11.5 Å². The lowest BCUT2D eigenvalue weighted by atomic mass is 10.6. The van der Waals surface area contributed by atoms with Gasteiger partial charge in [0.2, 0.25) is 10.3 Å². The first-order valence-electron chi connectivity index (χ1n) is 6.28. The Balaban J connectivity index is 1.72. The van der Waals surface area contributed by atoms with Crippen LogP contribution < -0.4 is 0 Å². The van der Waals surface area contributed by atoms with Crippen LogP contribution in [0.15, 0.2) is 10.3 Å². The second kappa shape index (κ2) is 8.42. The molecule has 23 heavy (non-hydrogen) atoms. The van der Waals surface area contributed by atoms with E-state index in [4.69, 9.17) is 10.2 Å². The van der Waals surface area contributed by atoms with E-state index in [2.05, 4.69) is 31.1 Å².